The lowest BCUT2D eigenvalue weighted by Crippen LogP contribution is -2.28. The van der Waals surface area contributed by atoms with Gasteiger partial charge in [0.25, 0.3) is 5.91 Å². The number of rotatable bonds is 4. The predicted octanol–water partition coefficient (Wildman–Crippen LogP) is 5.16. The summed E-state index contributed by atoms with van der Waals surface area (Å²) in [4.78, 5) is 15.7. The molecule has 3 aromatic rings. The summed E-state index contributed by atoms with van der Waals surface area (Å²) in [5.41, 5.74) is 1.12. The van der Waals surface area contributed by atoms with Gasteiger partial charge in [0.15, 0.2) is 0 Å². The van der Waals surface area contributed by atoms with Crippen molar-refractivity contribution in [3.63, 3.8) is 0 Å². The number of hydrogen-bond acceptors (Lipinski definition) is 3. The summed E-state index contributed by atoms with van der Waals surface area (Å²) >= 11 is 18.5. The van der Waals surface area contributed by atoms with Crippen molar-refractivity contribution in [2.24, 2.45) is 0 Å². The van der Waals surface area contributed by atoms with Crippen LogP contribution >= 0.6 is 34.8 Å². The predicted molar refractivity (Wildman–Crippen MR) is 116 cm³/mol. The Balaban J connectivity index is 1.65. The number of aromatic nitrogens is 1. The first-order valence-corrected chi connectivity index (χ1v) is 11.4. The molecule has 0 saturated carbocycles. The number of fused-ring (bicyclic) bond motifs is 1. The van der Waals surface area contributed by atoms with Crippen LogP contribution in [-0.2, 0) is 10.0 Å². The molecule has 2 N–H and O–H groups in total. The molecule has 1 aliphatic rings. The van der Waals surface area contributed by atoms with Crippen LogP contribution in [0.2, 0.25) is 15.1 Å². The average Bonchev–Trinajstić information content (AvgIpc) is 3.33. The topological polar surface area (TPSA) is 82.3 Å². The molecule has 0 radical (unpaired) electrons. The van der Waals surface area contributed by atoms with E-state index in [2.05, 4.69) is 10.3 Å². The fourth-order valence-corrected chi connectivity index (χ4v) is 5.81. The Hall–Kier alpha value is -1.77. The molecule has 1 amide bonds. The van der Waals surface area contributed by atoms with E-state index in [-0.39, 0.29) is 20.6 Å². The SMILES string of the molecule is O=C(Nc1ccc(Cl)c(S(=O)(=O)N2CCCC2)c1)c1[nH]c2ccc(Cl)cc2c1Cl. The van der Waals surface area contributed by atoms with Crippen molar-refractivity contribution in [3.8, 4) is 0 Å². The lowest BCUT2D eigenvalue weighted by atomic mass is 10.2. The van der Waals surface area contributed by atoms with E-state index in [1.54, 1.807) is 18.2 Å². The van der Waals surface area contributed by atoms with Crippen molar-refractivity contribution in [1.82, 2.24) is 9.29 Å². The summed E-state index contributed by atoms with van der Waals surface area (Å²) in [6.07, 6.45) is 1.63. The zero-order valence-electron chi connectivity index (χ0n) is 15.0. The number of aromatic amines is 1. The molecule has 2 aromatic carbocycles. The Bertz CT molecular complexity index is 1220. The smallest absolute Gasteiger partial charge is 0.273 e. The Morgan fingerprint density at radius 2 is 1.76 bits per heavy atom. The largest absolute Gasteiger partial charge is 0.349 e. The van der Waals surface area contributed by atoms with E-state index in [0.29, 0.717) is 34.7 Å². The van der Waals surface area contributed by atoms with Gasteiger partial charge in [-0.05, 0) is 49.2 Å². The second kappa shape index (κ2) is 7.81. The Kier molecular flexibility index (Phi) is 5.52. The van der Waals surface area contributed by atoms with Crippen molar-refractivity contribution in [1.29, 1.82) is 0 Å². The van der Waals surface area contributed by atoms with Crippen LogP contribution in [0, 0.1) is 0 Å². The molecule has 0 unspecified atom stereocenters. The van der Waals surface area contributed by atoms with Crippen LogP contribution in [0.1, 0.15) is 23.3 Å². The maximum Gasteiger partial charge on any atom is 0.273 e. The number of benzene rings is 2. The number of anilines is 1. The number of sulfonamides is 1. The highest BCUT2D eigenvalue weighted by Gasteiger charge is 2.29. The first-order valence-electron chi connectivity index (χ1n) is 8.85. The third-order valence-corrected chi connectivity index (χ3v) is 7.80. The van der Waals surface area contributed by atoms with Crippen LogP contribution in [-0.4, -0.2) is 36.7 Å². The van der Waals surface area contributed by atoms with Gasteiger partial charge in [0.2, 0.25) is 10.0 Å². The second-order valence-corrected chi connectivity index (χ2v) is 9.84. The second-order valence-electron chi connectivity index (χ2n) is 6.71. The summed E-state index contributed by atoms with van der Waals surface area (Å²) in [6.45, 7) is 0.922. The Morgan fingerprint density at radius 1 is 1.03 bits per heavy atom. The standard InChI is InChI=1S/C19H16Cl3N3O3S/c20-11-3-6-15-13(9-11)17(22)18(24-15)19(26)23-12-4-5-14(21)16(10-12)29(27,28)25-7-1-2-8-25/h3-6,9-10,24H,1-2,7-8H2,(H,23,26). The van der Waals surface area contributed by atoms with Crippen molar-refractivity contribution in [2.45, 2.75) is 17.7 Å². The van der Waals surface area contributed by atoms with E-state index in [9.17, 15) is 13.2 Å². The monoisotopic (exact) mass is 471 g/mol. The van der Waals surface area contributed by atoms with Crippen molar-refractivity contribution >= 4 is 67.3 Å². The summed E-state index contributed by atoms with van der Waals surface area (Å²) < 4.78 is 27.1. The molecular weight excluding hydrogens is 457 g/mol. The van der Waals surface area contributed by atoms with Gasteiger partial charge in [0.1, 0.15) is 10.6 Å². The maximum atomic E-state index is 12.9. The number of carbonyl (C=O) groups is 1. The van der Waals surface area contributed by atoms with Gasteiger partial charge in [0.05, 0.1) is 10.0 Å². The molecule has 1 fully saturated rings. The number of hydrogen-bond donors (Lipinski definition) is 2. The molecule has 1 aliphatic heterocycles. The van der Waals surface area contributed by atoms with Crippen LogP contribution in [0.5, 0.6) is 0 Å². The van der Waals surface area contributed by atoms with Crippen molar-refractivity contribution in [3.05, 3.63) is 57.2 Å². The Morgan fingerprint density at radius 3 is 2.48 bits per heavy atom. The molecule has 0 aliphatic carbocycles. The molecule has 0 atom stereocenters. The number of nitrogens with one attached hydrogen (secondary N) is 2. The van der Waals surface area contributed by atoms with Gasteiger partial charge < -0.3 is 10.3 Å². The molecular formula is C19H16Cl3N3O3S. The molecule has 0 bridgehead atoms. The maximum absolute atomic E-state index is 12.9. The van der Waals surface area contributed by atoms with Crippen LogP contribution in [0.15, 0.2) is 41.3 Å². The van der Waals surface area contributed by atoms with Gasteiger partial charge in [0, 0.05) is 34.7 Å². The fraction of sp³-hybridized carbons (Fsp3) is 0.211. The summed E-state index contributed by atoms with van der Waals surface area (Å²) in [5, 5.41) is 4.14. The number of carbonyl (C=O) groups excluding carboxylic acids is 1. The van der Waals surface area contributed by atoms with Gasteiger partial charge in [-0.3, -0.25) is 4.79 Å². The molecule has 4 rings (SSSR count). The van der Waals surface area contributed by atoms with E-state index in [1.165, 1.54) is 22.5 Å². The number of amides is 1. The minimum Gasteiger partial charge on any atom is -0.349 e. The first-order chi connectivity index (χ1) is 13.8. The third kappa shape index (κ3) is 3.85. The van der Waals surface area contributed by atoms with Gasteiger partial charge in [-0.25, -0.2) is 8.42 Å². The molecule has 6 nitrogen and oxygen atoms in total. The quantitative estimate of drug-likeness (QED) is 0.550. The van der Waals surface area contributed by atoms with Crippen LogP contribution < -0.4 is 5.32 Å². The zero-order valence-corrected chi connectivity index (χ0v) is 18.1. The van der Waals surface area contributed by atoms with E-state index in [0.717, 1.165) is 12.8 Å². The van der Waals surface area contributed by atoms with E-state index in [1.807, 2.05) is 0 Å². The normalized spacial score (nSPS) is 15.1. The van der Waals surface area contributed by atoms with Crippen LogP contribution in [0.4, 0.5) is 5.69 Å². The molecule has 0 spiro atoms. The molecule has 152 valence electrons. The van der Waals surface area contributed by atoms with Crippen molar-refractivity contribution < 1.29 is 13.2 Å². The summed E-state index contributed by atoms with van der Waals surface area (Å²) in [6, 6.07) is 9.43. The average molecular weight is 473 g/mol. The first kappa shape index (κ1) is 20.5. The minimum absolute atomic E-state index is 0.0339. The van der Waals surface area contributed by atoms with Crippen LogP contribution in [0.25, 0.3) is 10.9 Å². The Labute approximate surface area is 182 Å². The highest BCUT2D eigenvalue weighted by Crippen LogP contribution is 2.32. The molecule has 1 saturated heterocycles. The highest BCUT2D eigenvalue weighted by atomic mass is 35.5. The third-order valence-electron chi connectivity index (χ3n) is 4.80. The minimum atomic E-state index is -3.72. The highest BCUT2D eigenvalue weighted by molar-refractivity contribution is 7.89. The van der Waals surface area contributed by atoms with Gasteiger partial charge in [-0.1, -0.05) is 34.8 Å². The number of nitrogens with zero attached hydrogens (tertiary/aromatic N) is 1. The van der Waals surface area contributed by atoms with Crippen LogP contribution in [0.3, 0.4) is 0 Å². The van der Waals surface area contributed by atoms with E-state index < -0.39 is 15.9 Å². The molecule has 2 heterocycles. The molecule has 10 heteroatoms. The van der Waals surface area contributed by atoms with Gasteiger partial charge in [-0.15, -0.1) is 0 Å². The summed E-state index contributed by atoms with van der Waals surface area (Å²) in [7, 11) is -3.72. The van der Waals surface area contributed by atoms with E-state index in [4.69, 9.17) is 34.8 Å². The van der Waals surface area contributed by atoms with Crippen molar-refractivity contribution in [2.75, 3.05) is 18.4 Å². The van der Waals surface area contributed by atoms with Gasteiger partial charge >= 0.3 is 0 Å². The molecule has 1 aromatic heterocycles. The van der Waals surface area contributed by atoms with Gasteiger partial charge in [-0.2, -0.15) is 4.31 Å². The number of H-pyrrole nitrogens is 1. The summed E-state index contributed by atoms with van der Waals surface area (Å²) in [5.74, 6) is -0.505. The zero-order chi connectivity index (χ0) is 20.8. The van der Waals surface area contributed by atoms with E-state index >= 15 is 0 Å². The lowest BCUT2D eigenvalue weighted by Gasteiger charge is -2.17. The fourth-order valence-electron chi connectivity index (χ4n) is 3.33. The number of halogens is 3. The molecule has 29 heavy (non-hydrogen) atoms. The lowest BCUT2D eigenvalue weighted by molar-refractivity contribution is 0.102.